The molecule has 0 saturated heterocycles. The summed E-state index contributed by atoms with van der Waals surface area (Å²) >= 11 is 6.70. The molecule has 0 spiro atoms. The lowest BCUT2D eigenvalue weighted by atomic mass is 10.4. The molecule has 6 heteroatoms. The second-order valence-corrected chi connectivity index (χ2v) is 4.19. The van der Waals surface area contributed by atoms with Crippen molar-refractivity contribution in [2.75, 3.05) is 6.54 Å². The van der Waals surface area contributed by atoms with Crippen molar-refractivity contribution in [2.24, 2.45) is 0 Å². The van der Waals surface area contributed by atoms with Crippen molar-refractivity contribution in [2.45, 2.75) is 13.0 Å². The van der Waals surface area contributed by atoms with Crippen molar-refractivity contribution in [1.82, 2.24) is 10.3 Å². The number of carbonyl (C=O) groups excluding carboxylic acids is 1. The number of aliphatic hydroxyl groups is 1. The molecular formula is C7H9ClN2O2S. The molecule has 0 aliphatic heterocycles. The van der Waals surface area contributed by atoms with E-state index < -0.39 is 6.10 Å². The highest BCUT2D eigenvalue weighted by molar-refractivity contribution is 7.17. The lowest BCUT2D eigenvalue weighted by Gasteiger charge is -2.04. The first-order chi connectivity index (χ1) is 6.09. The molecule has 1 atom stereocenters. The van der Waals surface area contributed by atoms with Gasteiger partial charge in [-0.2, -0.15) is 0 Å². The zero-order valence-corrected chi connectivity index (χ0v) is 8.52. The predicted octanol–water partition coefficient (Wildman–Crippen LogP) is 0.907. The van der Waals surface area contributed by atoms with E-state index in [1.165, 1.54) is 6.20 Å². The van der Waals surface area contributed by atoms with Crippen LogP contribution in [-0.4, -0.2) is 28.6 Å². The molecule has 0 unspecified atom stereocenters. The molecule has 4 nitrogen and oxygen atoms in total. The van der Waals surface area contributed by atoms with E-state index in [1.54, 1.807) is 6.92 Å². The summed E-state index contributed by atoms with van der Waals surface area (Å²) in [5.41, 5.74) is 0. The molecule has 13 heavy (non-hydrogen) atoms. The summed E-state index contributed by atoms with van der Waals surface area (Å²) in [5.74, 6) is -0.308. The third-order valence-electron chi connectivity index (χ3n) is 1.23. The van der Waals surface area contributed by atoms with E-state index in [0.717, 1.165) is 11.3 Å². The highest BCUT2D eigenvalue weighted by Crippen LogP contribution is 2.17. The van der Waals surface area contributed by atoms with Crippen LogP contribution in [0.1, 0.15) is 16.7 Å². The van der Waals surface area contributed by atoms with E-state index in [4.69, 9.17) is 16.7 Å². The van der Waals surface area contributed by atoms with Gasteiger partial charge in [0.25, 0.3) is 5.91 Å². The maximum absolute atomic E-state index is 11.2. The largest absolute Gasteiger partial charge is 0.392 e. The lowest BCUT2D eigenvalue weighted by molar-refractivity contribution is 0.0923. The van der Waals surface area contributed by atoms with Gasteiger partial charge in [0, 0.05) is 6.54 Å². The van der Waals surface area contributed by atoms with Crippen LogP contribution in [0.4, 0.5) is 0 Å². The summed E-state index contributed by atoms with van der Waals surface area (Å²) in [7, 11) is 0. The van der Waals surface area contributed by atoms with Crippen molar-refractivity contribution >= 4 is 28.8 Å². The molecule has 72 valence electrons. The van der Waals surface area contributed by atoms with Gasteiger partial charge >= 0.3 is 0 Å². The Morgan fingerprint density at radius 3 is 3.08 bits per heavy atom. The van der Waals surface area contributed by atoms with Crippen LogP contribution in [0.15, 0.2) is 6.20 Å². The Morgan fingerprint density at radius 1 is 1.92 bits per heavy atom. The molecule has 0 aliphatic carbocycles. The van der Waals surface area contributed by atoms with Crippen LogP contribution in [0, 0.1) is 0 Å². The Morgan fingerprint density at radius 2 is 2.62 bits per heavy atom. The number of hydrogen-bond acceptors (Lipinski definition) is 4. The van der Waals surface area contributed by atoms with E-state index in [1.807, 2.05) is 0 Å². The first-order valence-electron chi connectivity index (χ1n) is 3.67. The van der Waals surface area contributed by atoms with Crippen LogP contribution in [0.2, 0.25) is 4.34 Å². The van der Waals surface area contributed by atoms with Gasteiger partial charge in [-0.05, 0) is 6.92 Å². The maximum Gasteiger partial charge on any atom is 0.280 e. The van der Waals surface area contributed by atoms with Crippen LogP contribution < -0.4 is 5.32 Å². The van der Waals surface area contributed by atoms with Crippen molar-refractivity contribution in [3.05, 3.63) is 15.5 Å². The summed E-state index contributed by atoms with van der Waals surface area (Å²) in [4.78, 5) is 15.0. The van der Waals surface area contributed by atoms with E-state index in [9.17, 15) is 4.79 Å². The molecule has 0 fully saturated rings. The average molecular weight is 221 g/mol. The third-order valence-corrected chi connectivity index (χ3v) is 2.34. The molecule has 0 saturated carbocycles. The van der Waals surface area contributed by atoms with E-state index in [2.05, 4.69) is 10.3 Å². The monoisotopic (exact) mass is 220 g/mol. The summed E-state index contributed by atoms with van der Waals surface area (Å²) in [6, 6.07) is 0. The number of amides is 1. The van der Waals surface area contributed by atoms with Crippen LogP contribution in [0.5, 0.6) is 0 Å². The Bertz CT molecular complexity index is 300. The predicted molar refractivity (Wildman–Crippen MR) is 51.1 cm³/mol. The molecule has 1 aromatic heterocycles. The van der Waals surface area contributed by atoms with E-state index in [0.29, 0.717) is 9.34 Å². The molecule has 1 heterocycles. The number of halogens is 1. The maximum atomic E-state index is 11.2. The number of thiazole rings is 1. The van der Waals surface area contributed by atoms with Gasteiger partial charge in [-0.25, -0.2) is 4.98 Å². The number of nitrogens with one attached hydrogen (secondary N) is 1. The first-order valence-corrected chi connectivity index (χ1v) is 4.86. The van der Waals surface area contributed by atoms with Crippen molar-refractivity contribution in [1.29, 1.82) is 0 Å². The average Bonchev–Trinajstić information content (AvgIpc) is 2.47. The molecule has 2 N–H and O–H groups in total. The van der Waals surface area contributed by atoms with Gasteiger partial charge in [0.2, 0.25) is 0 Å². The zero-order valence-electron chi connectivity index (χ0n) is 6.95. The summed E-state index contributed by atoms with van der Waals surface area (Å²) in [5, 5.41) is 11.7. The quantitative estimate of drug-likeness (QED) is 0.796. The smallest absolute Gasteiger partial charge is 0.280 e. The molecule has 1 amide bonds. The number of nitrogens with zero attached hydrogens (tertiary/aromatic N) is 1. The van der Waals surface area contributed by atoms with Crippen LogP contribution in [-0.2, 0) is 0 Å². The number of aliphatic hydroxyl groups excluding tert-OH is 1. The Labute approximate surface area is 84.6 Å². The fraction of sp³-hybridized carbons (Fsp3) is 0.429. The van der Waals surface area contributed by atoms with Gasteiger partial charge in [0.1, 0.15) is 4.34 Å². The van der Waals surface area contributed by atoms with Crippen LogP contribution in [0.3, 0.4) is 0 Å². The van der Waals surface area contributed by atoms with Crippen molar-refractivity contribution < 1.29 is 9.90 Å². The number of hydrogen-bond donors (Lipinski definition) is 2. The Kier molecular flexibility index (Phi) is 3.65. The van der Waals surface area contributed by atoms with Gasteiger partial charge in [-0.3, -0.25) is 4.79 Å². The number of carbonyl (C=O) groups is 1. The third kappa shape index (κ3) is 3.30. The second kappa shape index (κ2) is 4.55. The lowest BCUT2D eigenvalue weighted by Crippen LogP contribution is -2.30. The standard InChI is InChI=1S/C7H9ClN2O2S/c1-4(11)2-9-6(12)7-10-3-5(8)13-7/h3-4,11H,2H2,1H3,(H,9,12)/t4-/m0/s1. The highest BCUT2D eigenvalue weighted by atomic mass is 35.5. The van der Waals surface area contributed by atoms with Gasteiger partial charge in [-0.1, -0.05) is 22.9 Å². The second-order valence-electron chi connectivity index (χ2n) is 2.53. The fourth-order valence-electron chi connectivity index (χ4n) is 0.675. The molecule has 0 aromatic carbocycles. The Balaban J connectivity index is 2.49. The minimum Gasteiger partial charge on any atom is -0.392 e. The SMILES string of the molecule is C[C@H](O)CNC(=O)c1ncc(Cl)s1. The minimum absolute atomic E-state index is 0.218. The first kappa shape index (κ1) is 10.4. The topological polar surface area (TPSA) is 62.2 Å². The van der Waals surface area contributed by atoms with Gasteiger partial charge in [-0.15, -0.1) is 0 Å². The Hall–Kier alpha value is -0.650. The van der Waals surface area contributed by atoms with Crippen molar-refractivity contribution in [3.8, 4) is 0 Å². The minimum atomic E-state index is -0.556. The van der Waals surface area contributed by atoms with Crippen molar-refractivity contribution in [3.63, 3.8) is 0 Å². The highest BCUT2D eigenvalue weighted by Gasteiger charge is 2.10. The van der Waals surface area contributed by atoms with Gasteiger partial charge in [0.15, 0.2) is 5.01 Å². The number of aromatic nitrogens is 1. The fourth-order valence-corrected chi connectivity index (χ4v) is 1.50. The van der Waals surface area contributed by atoms with Crippen LogP contribution in [0.25, 0.3) is 0 Å². The summed E-state index contributed by atoms with van der Waals surface area (Å²) in [6.07, 6.45) is 0.864. The van der Waals surface area contributed by atoms with Gasteiger partial charge in [0.05, 0.1) is 12.3 Å². The molecule has 0 bridgehead atoms. The molecule has 0 radical (unpaired) electrons. The van der Waals surface area contributed by atoms with E-state index >= 15 is 0 Å². The summed E-state index contributed by atoms with van der Waals surface area (Å²) < 4.78 is 0.474. The zero-order chi connectivity index (χ0) is 9.84. The van der Waals surface area contributed by atoms with Gasteiger partial charge < -0.3 is 10.4 Å². The molecule has 1 rings (SSSR count). The molecule has 0 aliphatic rings. The number of rotatable bonds is 3. The normalized spacial score (nSPS) is 12.5. The summed E-state index contributed by atoms with van der Waals surface area (Å²) in [6.45, 7) is 1.81. The molecular weight excluding hydrogens is 212 g/mol. The van der Waals surface area contributed by atoms with Crippen LogP contribution >= 0.6 is 22.9 Å². The van der Waals surface area contributed by atoms with E-state index in [-0.39, 0.29) is 12.5 Å². The molecule has 1 aromatic rings.